The van der Waals surface area contributed by atoms with Crippen LogP contribution in [0.4, 0.5) is 0 Å². The second kappa shape index (κ2) is 4.92. The minimum Gasteiger partial charge on any atom is -0.464 e. The van der Waals surface area contributed by atoms with E-state index < -0.39 is 0 Å². The normalized spacial score (nSPS) is 16.0. The molecular weight excluding hydrogens is 246 g/mol. The van der Waals surface area contributed by atoms with Gasteiger partial charge in [-0.25, -0.2) is 0 Å². The van der Waals surface area contributed by atoms with Gasteiger partial charge in [-0.3, -0.25) is 0 Å². The third kappa shape index (κ3) is 2.76. The van der Waals surface area contributed by atoms with Crippen LogP contribution in [0.5, 0.6) is 0 Å². The average molecular weight is 271 g/mol. The van der Waals surface area contributed by atoms with Crippen LogP contribution in [0, 0.1) is 6.92 Å². The minimum absolute atomic E-state index is 0.180. The van der Waals surface area contributed by atoms with Crippen molar-refractivity contribution in [3.63, 3.8) is 0 Å². The van der Waals surface area contributed by atoms with Crippen LogP contribution in [0.15, 0.2) is 22.8 Å². The summed E-state index contributed by atoms with van der Waals surface area (Å²) in [5.41, 5.74) is 5.20. The van der Waals surface area contributed by atoms with Gasteiger partial charge in [-0.05, 0) is 60.9 Å². The Labute approximate surface area is 121 Å². The van der Waals surface area contributed by atoms with Crippen molar-refractivity contribution in [2.75, 3.05) is 6.54 Å². The zero-order valence-electron chi connectivity index (χ0n) is 13.0. The molecule has 2 heteroatoms. The maximum Gasteiger partial charge on any atom is 0.137 e. The molecule has 0 bridgehead atoms. The molecule has 0 radical (unpaired) electrons. The van der Waals surface area contributed by atoms with Crippen molar-refractivity contribution in [2.45, 2.75) is 58.4 Å². The smallest absolute Gasteiger partial charge is 0.137 e. The zero-order valence-corrected chi connectivity index (χ0v) is 13.0. The monoisotopic (exact) mass is 271 g/mol. The van der Waals surface area contributed by atoms with Crippen LogP contribution < -0.4 is 5.32 Å². The highest BCUT2D eigenvalue weighted by molar-refractivity contribution is 5.85. The predicted octanol–water partition coefficient (Wildman–Crippen LogP) is 4.33. The average Bonchev–Trinajstić information content (AvgIpc) is 3.09. The SMILES string of the molecule is Cc1cc(C(C)(C)C)cc2c(CCNC3CC3)coc12. The first-order valence-electron chi connectivity index (χ1n) is 7.70. The highest BCUT2D eigenvalue weighted by Crippen LogP contribution is 2.31. The number of nitrogens with one attached hydrogen (secondary N) is 1. The Hall–Kier alpha value is -1.28. The van der Waals surface area contributed by atoms with Crippen LogP contribution in [-0.4, -0.2) is 12.6 Å². The Morgan fingerprint density at radius 2 is 2.00 bits per heavy atom. The molecule has 0 unspecified atom stereocenters. The Balaban J connectivity index is 1.89. The van der Waals surface area contributed by atoms with E-state index in [4.69, 9.17) is 4.42 Å². The van der Waals surface area contributed by atoms with Gasteiger partial charge in [-0.15, -0.1) is 0 Å². The van der Waals surface area contributed by atoms with Crippen molar-refractivity contribution in [1.29, 1.82) is 0 Å². The fraction of sp³-hybridized carbons (Fsp3) is 0.556. The van der Waals surface area contributed by atoms with Gasteiger partial charge in [0, 0.05) is 11.4 Å². The van der Waals surface area contributed by atoms with E-state index in [9.17, 15) is 0 Å². The molecule has 0 saturated heterocycles. The largest absolute Gasteiger partial charge is 0.464 e. The molecule has 1 saturated carbocycles. The van der Waals surface area contributed by atoms with Crippen LogP contribution in [0.3, 0.4) is 0 Å². The molecule has 1 aliphatic rings. The maximum atomic E-state index is 5.79. The fourth-order valence-electron chi connectivity index (χ4n) is 2.69. The fourth-order valence-corrected chi connectivity index (χ4v) is 2.69. The van der Waals surface area contributed by atoms with E-state index in [1.54, 1.807) is 0 Å². The van der Waals surface area contributed by atoms with E-state index in [-0.39, 0.29) is 5.41 Å². The van der Waals surface area contributed by atoms with Crippen LogP contribution in [0.25, 0.3) is 11.0 Å². The molecule has 1 fully saturated rings. The number of furan rings is 1. The molecule has 0 spiro atoms. The van der Waals surface area contributed by atoms with Crippen molar-refractivity contribution >= 4 is 11.0 Å². The summed E-state index contributed by atoms with van der Waals surface area (Å²) in [7, 11) is 0. The summed E-state index contributed by atoms with van der Waals surface area (Å²) in [6.07, 6.45) is 5.69. The molecule has 2 aromatic rings. The molecule has 3 rings (SSSR count). The lowest BCUT2D eigenvalue weighted by atomic mass is 9.85. The van der Waals surface area contributed by atoms with Gasteiger partial charge in [0.25, 0.3) is 0 Å². The van der Waals surface area contributed by atoms with Crippen molar-refractivity contribution in [2.24, 2.45) is 0 Å². The van der Waals surface area contributed by atoms with Gasteiger partial charge in [0.15, 0.2) is 0 Å². The third-order valence-corrected chi connectivity index (χ3v) is 4.21. The second-order valence-corrected chi connectivity index (χ2v) is 7.16. The molecule has 0 atom stereocenters. The first-order valence-corrected chi connectivity index (χ1v) is 7.70. The highest BCUT2D eigenvalue weighted by atomic mass is 16.3. The van der Waals surface area contributed by atoms with Gasteiger partial charge in [0.2, 0.25) is 0 Å². The standard InChI is InChI=1S/C18H25NO/c1-12-9-14(18(2,3)4)10-16-13(11-20-17(12)16)7-8-19-15-5-6-15/h9-11,15,19H,5-8H2,1-4H3. The highest BCUT2D eigenvalue weighted by Gasteiger charge is 2.21. The topological polar surface area (TPSA) is 25.2 Å². The van der Waals surface area contributed by atoms with Gasteiger partial charge >= 0.3 is 0 Å². The lowest BCUT2D eigenvalue weighted by molar-refractivity contribution is 0.587. The van der Waals surface area contributed by atoms with Crippen molar-refractivity contribution < 1.29 is 4.42 Å². The first kappa shape index (κ1) is 13.7. The van der Waals surface area contributed by atoms with Gasteiger partial charge in [0.05, 0.1) is 6.26 Å². The Morgan fingerprint density at radius 3 is 2.65 bits per heavy atom. The molecule has 1 N–H and O–H groups in total. The first-order chi connectivity index (χ1) is 9.45. The number of fused-ring (bicyclic) bond motifs is 1. The summed E-state index contributed by atoms with van der Waals surface area (Å²) >= 11 is 0. The number of rotatable bonds is 4. The van der Waals surface area contributed by atoms with E-state index in [1.165, 1.54) is 34.9 Å². The van der Waals surface area contributed by atoms with Crippen molar-refractivity contribution in [3.05, 3.63) is 35.1 Å². The summed E-state index contributed by atoms with van der Waals surface area (Å²) in [6.45, 7) is 10.00. The van der Waals surface area contributed by atoms with E-state index in [1.807, 2.05) is 6.26 Å². The summed E-state index contributed by atoms with van der Waals surface area (Å²) in [6, 6.07) is 5.36. The Kier molecular flexibility index (Phi) is 3.37. The van der Waals surface area contributed by atoms with Crippen molar-refractivity contribution in [1.82, 2.24) is 5.32 Å². The van der Waals surface area contributed by atoms with E-state index in [2.05, 4.69) is 45.1 Å². The summed E-state index contributed by atoms with van der Waals surface area (Å²) in [5, 5.41) is 4.88. The molecular formula is C18H25NO. The van der Waals surface area contributed by atoms with Crippen LogP contribution >= 0.6 is 0 Å². The predicted molar refractivity (Wildman–Crippen MR) is 84.4 cm³/mol. The van der Waals surface area contributed by atoms with Crippen molar-refractivity contribution in [3.8, 4) is 0 Å². The van der Waals surface area contributed by atoms with Gasteiger partial charge < -0.3 is 9.73 Å². The maximum absolute atomic E-state index is 5.79. The second-order valence-electron chi connectivity index (χ2n) is 7.16. The number of hydrogen-bond donors (Lipinski definition) is 1. The number of aryl methyl sites for hydroxylation is 1. The molecule has 2 nitrogen and oxygen atoms in total. The molecule has 0 amide bonds. The summed E-state index contributed by atoms with van der Waals surface area (Å²) < 4.78 is 5.79. The lowest BCUT2D eigenvalue weighted by Gasteiger charge is -2.20. The number of benzene rings is 1. The molecule has 1 aromatic heterocycles. The number of hydrogen-bond acceptors (Lipinski definition) is 2. The summed E-state index contributed by atoms with van der Waals surface area (Å²) in [5.74, 6) is 0. The van der Waals surface area contributed by atoms with Crippen LogP contribution in [0.1, 0.15) is 50.3 Å². The molecule has 20 heavy (non-hydrogen) atoms. The van der Waals surface area contributed by atoms with E-state index in [0.29, 0.717) is 0 Å². The Morgan fingerprint density at radius 1 is 1.25 bits per heavy atom. The van der Waals surface area contributed by atoms with Gasteiger partial charge in [-0.2, -0.15) is 0 Å². The van der Waals surface area contributed by atoms with Gasteiger partial charge in [-0.1, -0.05) is 26.8 Å². The van der Waals surface area contributed by atoms with Crippen LogP contribution in [-0.2, 0) is 11.8 Å². The Bertz CT molecular complexity index is 614. The molecule has 0 aliphatic heterocycles. The molecule has 1 heterocycles. The molecule has 1 aromatic carbocycles. The molecule has 1 aliphatic carbocycles. The quantitative estimate of drug-likeness (QED) is 0.895. The van der Waals surface area contributed by atoms with E-state index >= 15 is 0 Å². The van der Waals surface area contributed by atoms with Gasteiger partial charge in [0.1, 0.15) is 5.58 Å². The minimum atomic E-state index is 0.180. The van der Waals surface area contributed by atoms with Crippen LogP contribution in [0.2, 0.25) is 0 Å². The molecule has 108 valence electrons. The van der Waals surface area contributed by atoms with E-state index in [0.717, 1.165) is 24.6 Å². The zero-order chi connectivity index (χ0) is 14.3. The summed E-state index contributed by atoms with van der Waals surface area (Å²) in [4.78, 5) is 0. The lowest BCUT2D eigenvalue weighted by Crippen LogP contribution is -2.19. The third-order valence-electron chi connectivity index (χ3n) is 4.21.